The van der Waals surface area contributed by atoms with E-state index in [1.165, 1.54) is 0 Å². The molecule has 2 rings (SSSR count). The Kier molecular flexibility index (Phi) is 4.73. The van der Waals surface area contributed by atoms with Gasteiger partial charge >= 0.3 is 12.0 Å². The molecular formula is C13H14Cl2N2O3. The van der Waals surface area contributed by atoms with Gasteiger partial charge in [-0.1, -0.05) is 23.2 Å². The lowest BCUT2D eigenvalue weighted by Gasteiger charge is -2.30. The van der Waals surface area contributed by atoms with E-state index >= 15 is 0 Å². The molecule has 1 aromatic carbocycles. The summed E-state index contributed by atoms with van der Waals surface area (Å²) in [7, 11) is 0. The van der Waals surface area contributed by atoms with Crippen molar-refractivity contribution >= 4 is 40.9 Å². The van der Waals surface area contributed by atoms with Crippen LogP contribution in [-0.2, 0) is 4.79 Å². The number of carboxylic acids is 1. The molecule has 1 aliphatic heterocycles. The first-order chi connectivity index (χ1) is 9.47. The van der Waals surface area contributed by atoms with Gasteiger partial charge in [0, 0.05) is 18.8 Å². The molecule has 0 spiro atoms. The smallest absolute Gasteiger partial charge is 0.321 e. The zero-order chi connectivity index (χ0) is 14.7. The number of nitrogens with one attached hydrogen (secondary N) is 1. The third-order valence-electron chi connectivity index (χ3n) is 3.30. The van der Waals surface area contributed by atoms with Crippen molar-refractivity contribution in [1.82, 2.24) is 4.90 Å². The Bertz CT molecular complexity index is 528. The van der Waals surface area contributed by atoms with Gasteiger partial charge in [0.15, 0.2) is 0 Å². The quantitative estimate of drug-likeness (QED) is 0.879. The molecule has 1 saturated heterocycles. The van der Waals surface area contributed by atoms with Gasteiger partial charge in [-0.25, -0.2) is 4.79 Å². The summed E-state index contributed by atoms with van der Waals surface area (Å²) in [5, 5.41) is 12.4. The summed E-state index contributed by atoms with van der Waals surface area (Å²) in [5.41, 5.74) is 0.560. The normalized spacial score (nSPS) is 16.0. The Balaban J connectivity index is 1.92. The number of anilines is 1. The van der Waals surface area contributed by atoms with E-state index in [-0.39, 0.29) is 11.9 Å². The fourth-order valence-corrected chi connectivity index (χ4v) is 2.40. The van der Waals surface area contributed by atoms with Gasteiger partial charge in [-0.3, -0.25) is 4.79 Å². The van der Waals surface area contributed by atoms with Crippen molar-refractivity contribution < 1.29 is 14.7 Å². The number of hydrogen-bond donors (Lipinski definition) is 2. The predicted octanol–water partition coefficient (Wildman–Crippen LogP) is 3.32. The molecule has 20 heavy (non-hydrogen) atoms. The lowest BCUT2D eigenvalue weighted by atomic mass is 9.97. The first-order valence-electron chi connectivity index (χ1n) is 6.21. The van der Waals surface area contributed by atoms with Crippen molar-refractivity contribution in [3.8, 4) is 0 Å². The fraction of sp³-hybridized carbons (Fsp3) is 0.385. The maximum Gasteiger partial charge on any atom is 0.321 e. The molecule has 108 valence electrons. The van der Waals surface area contributed by atoms with Crippen molar-refractivity contribution in [2.24, 2.45) is 5.92 Å². The molecule has 5 nitrogen and oxygen atoms in total. The van der Waals surface area contributed by atoms with Crippen LogP contribution in [0.25, 0.3) is 0 Å². The van der Waals surface area contributed by atoms with E-state index in [2.05, 4.69) is 5.32 Å². The number of halogens is 2. The highest BCUT2D eigenvalue weighted by Gasteiger charge is 2.26. The number of piperidine rings is 1. The van der Waals surface area contributed by atoms with Gasteiger partial charge in [0.2, 0.25) is 0 Å². The third-order valence-corrected chi connectivity index (χ3v) is 4.04. The SMILES string of the molecule is O=C(O)C1CCN(C(=O)Nc2ccc(Cl)c(Cl)c2)CC1. The Labute approximate surface area is 126 Å². The van der Waals surface area contributed by atoms with E-state index in [0.29, 0.717) is 41.7 Å². The van der Waals surface area contributed by atoms with E-state index in [1.807, 2.05) is 0 Å². The van der Waals surface area contributed by atoms with E-state index in [1.54, 1.807) is 23.1 Å². The van der Waals surface area contributed by atoms with Crippen molar-refractivity contribution in [2.75, 3.05) is 18.4 Å². The Morgan fingerprint density at radius 2 is 1.85 bits per heavy atom. The number of carbonyl (C=O) groups excluding carboxylic acids is 1. The average Bonchev–Trinajstić information content (AvgIpc) is 2.43. The summed E-state index contributed by atoms with van der Waals surface area (Å²) in [5.74, 6) is -1.15. The van der Waals surface area contributed by atoms with E-state index in [9.17, 15) is 9.59 Å². The second kappa shape index (κ2) is 6.33. The highest BCUT2D eigenvalue weighted by Crippen LogP contribution is 2.25. The van der Waals surface area contributed by atoms with Crippen LogP contribution in [0.3, 0.4) is 0 Å². The maximum absolute atomic E-state index is 12.0. The van der Waals surface area contributed by atoms with Crippen LogP contribution in [0, 0.1) is 5.92 Å². The van der Waals surface area contributed by atoms with Gasteiger partial charge in [-0.05, 0) is 31.0 Å². The monoisotopic (exact) mass is 316 g/mol. The minimum Gasteiger partial charge on any atom is -0.481 e. The van der Waals surface area contributed by atoms with Crippen LogP contribution >= 0.6 is 23.2 Å². The predicted molar refractivity (Wildman–Crippen MR) is 77.4 cm³/mol. The zero-order valence-corrected chi connectivity index (χ0v) is 12.1. The number of aliphatic carboxylic acids is 1. The Morgan fingerprint density at radius 1 is 1.20 bits per heavy atom. The number of amides is 2. The van der Waals surface area contributed by atoms with Gasteiger partial charge in [0.1, 0.15) is 0 Å². The standard InChI is InChI=1S/C13H14Cl2N2O3/c14-10-2-1-9(7-11(10)15)16-13(20)17-5-3-8(4-6-17)12(18)19/h1-2,7-8H,3-6H2,(H,16,20)(H,18,19). The molecule has 0 radical (unpaired) electrons. The molecular weight excluding hydrogens is 303 g/mol. The van der Waals surface area contributed by atoms with Gasteiger partial charge in [0.25, 0.3) is 0 Å². The minimum atomic E-state index is -0.797. The first-order valence-corrected chi connectivity index (χ1v) is 6.97. The number of likely N-dealkylation sites (tertiary alicyclic amines) is 1. The van der Waals surface area contributed by atoms with Crippen molar-refractivity contribution in [2.45, 2.75) is 12.8 Å². The maximum atomic E-state index is 12.0. The third kappa shape index (κ3) is 3.55. The Morgan fingerprint density at radius 3 is 2.40 bits per heavy atom. The van der Waals surface area contributed by atoms with Crippen molar-refractivity contribution in [1.29, 1.82) is 0 Å². The molecule has 1 aromatic rings. The number of carbonyl (C=O) groups is 2. The molecule has 2 N–H and O–H groups in total. The molecule has 1 heterocycles. The highest BCUT2D eigenvalue weighted by atomic mass is 35.5. The summed E-state index contributed by atoms with van der Waals surface area (Å²) >= 11 is 11.7. The lowest BCUT2D eigenvalue weighted by molar-refractivity contribution is -0.143. The summed E-state index contributed by atoms with van der Waals surface area (Å²) in [6.45, 7) is 0.869. The number of urea groups is 1. The van der Waals surface area contributed by atoms with E-state index in [0.717, 1.165) is 0 Å². The fourth-order valence-electron chi connectivity index (χ4n) is 2.11. The number of nitrogens with zero attached hydrogens (tertiary/aromatic N) is 1. The van der Waals surface area contributed by atoms with Gasteiger partial charge < -0.3 is 15.3 Å². The average molecular weight is 317 g/mol. The second-order valence-electron chi connectivity index (χ2n) is 4.66. The van der Waals surface area contributed by atoms with E-state index in [4.69, 9.17) is 28.3 Å². The number of rotatable bonds is 2. The Hall–Kier alpha value is -1.46. The van der Waals surface area contributed by atoms with Crippen LogP contribution in [0.4, 0.5) is 10.5 Å². The molecule has 0 atom stereocenters. The summed E-state index contributed by atoms with van der Waals surface area (Å²) in [6, 6.07) is 4.59. The van der Waals surface area contributed by atoms with Gasteiger partial charge in [0.05, 0.1) is 16.0 Å². The lowest BCUT2D eigenvalue weighted by Crippen LogP contribution is -2.42. The van der Waals surface area contributed by atoms with Gasteiger partial charge in [-0.15, -0.1) is 0 Å². The van der Waals surface area contributed by atoms with Crippen LogP contribution in [0.15, 0.2) is 18.2 Å². The largest absolute Gasteiger partial charge is 0.481 e. The molecule has 1 aliphatic rings. The van der Waals surface area contributed by atoms with Crippen LogP contribution in [0.2, 0.25) is 10.0 Å². The number of hydrogen-bond acceptors (Lipinski definition) is 2. The molecule has 7 heteroatoms. The molecule has 0 unspecified atom stereocenters. The van der Waals surface area contributed by atoms with Crippen LogP contribution < -0.4 is 5.32 Å². The van der Waals surface area contributed by atoms with Crippen molar-refractivity contribution in [3.63, 3.8) is 0 Å². The number of benzene rings is 1. The first kappa shape index (κ1) is 14.9. The number of carboxylic acid groups (broad SMARTS) is 1. The van der Waals surface area contributed by atoms with Crippen molar-refractivity contribution in [3.05, 3.63) is 28.2 Å². The highest BCUT2D eigenvalue weighted by molar-refractivity contribution is 6.42. The zero-order valence-electron chi connectivity index (χ0n) is 10.6. The molecule has 1 fully saturated rings. The van der Waals surface area contributed by atoms with Crippen LogP contribution in [0.1, 0.15) is 12.8 Å². The topological polar surface area (TPSA) is 69.6 Å². The van der Waals surface area contributed by atoms with Crippen LogP contribution in [-0.4, -0.2) is 35.1 Å². The van der Waals surface area contributed by atoms with Crippen LogP contribution in [0.5, 0.6) is 0 Å². The summed E-state index contributed by atoms with van der Waals surface area (Å²) in [4.78, 5) is 24.5. The molecule has 2 amide bonds. The summed E-state index contributed by atoms with van der Waals surface area (Å²) in [6.07, 6.45) is 0.953. The minimum absolute atomic E-state index is 0.257. The van der Waals surface area contributed by atoms with E-state index < -0.39 is 5.97 Å². The molecule has 0 aromatic heterocycles. The summed E-state index contributed by atoms with van der Waals surface area (Å²) < 4.78 is 0. The second-order valence-corrected chi connectivity index (χ2v) is 5.47. The molecule has 0 aliphatic carbocycles. The van der Waals surface area contributed by atoms with Gasteiger partial charge in [-0.2, -0.15) is 0 Å². The molecule has 0 saturated carbocycles. The molecule has 0 bridgehead atoms.